The molecule has 1 aromatic rings. The van der Waals surface area contributed by atoms with Gasteiger partial charge in [0.1, 0.15) is 0 Å². The Morgan fingerprint density at radius 1 is 1.37 bits per heavy atom. The first kappa shape index (κ1) is 14.9. The highest BCUT2D eigenvalue weighted by atomic mass is 79.9. The van der Waals surface area contributed by atoms with E-state index in [9.17, 15) is 0 Å². The molecule has 1 aliphatic carbocycles. The van der Waals surface area contributed by atoms with Gasteiger partial charge < -0.3 is 10.2 Å². The quantitative estimate of drug-likeness (QED) is 0.809. The molecule has 2 rings (SSSR count). The fourth-order valence-electron chi connectivity index (χ4n) is 2.18. The Balaban J connectivity index is 2.03. The minimum Gasteiger partial charge on any atom is -0.374 e. The topological polar surface area (TPSA) is 15.3 Å². The van der Waals surface area contributed by atoms with Crippen LogP contribution in [0.2, 0.25) is 0 Å². The zero-order valence-corrected chi connectivity index (χ0v) is 13.8. The number of hydrogen-bond donors (Lipinski definition) is 1. The number of rotatable bonds is 7. The van der Waals surface area contributed by atoms with Crippen molar-refractivity contribution in [3.8, 4) is 0 Å². The second kappa shape index (κ2) is 6.76. The van der Waals surface area contributed by atoms with E-state index in [2.05, 4.69) is 65.2 Å². The molecular formula is C16H25BrN2. The number of halogens is 1. The van der Waals surface area contributed by atoms with E-state index in [0.717, 1.165) is 25.0 Å². The van der Waals surface area contributed by atoms with Crippen LogP contribution in [0.3, 0.4) is 0 Å². The standard InChI is InChI=1S/C16H25BrN2/c1-12(2)8-9-19(3)16-7-4-14(17)10-13(16)11-18-15-5-6-15/h4,7,10,12,15,18H,5-6,8-9,11H2,1-3H3. The molecule has 0 unspecified atom stereocenters. The first-order valence-electron chi connectivity index (χ1n) is 7.29. The van der Waals surface area contributed by atoms with Gasteiger partial charge in [-0.15, -0.1) is 0 Å². The van der Waals surface area contributed by atoms with Crippen LogP contribution >= 0.6 is 15.9 Å². The molecule has 0 heterocycles. The summed E-state index contributed by atoms with van der Waals surface area (Å²) in [4.78, 5) is 2.39. The highest BCUT2D eigenvalue weighted by Gasteiger charge is 2.20. The second-order valence-corrected chi connectivity index (χ2v) is 6.95. The Bertz CT molecular complexity index is 413. The highest BCUT2D eigenvalue weighted by Crippen LogP contribution is 2.26. The fourth-order valence-corrected chi connectivity index (χ4v) is 2.59. The van der Waals surface area contributed by atoms with E-state index in [1.807, 2.05) is 0 Å². The van der Waals surface area contributed by atoms with Gasteiger partial charge in [-0.1, -0.05) is 29.8 Å². The zero-order chi connectivity index (χ0) is 13.8. The molecule has 0 amide bonds. The molecule has 3 heteroatoms. The van der Waals surface area contributed by atoms with Crippen LogP contribution in [0.1, 0.15) is 38.7 Å². The lowest BCUT2D eigenvalue weighted by Gasteiger charge is -2.24. The fraction of sp³-hybridized carbons (Fsp3) is 0.625. The van der Waals surface area contributed by atoms with Crippen molar-refractivity contribution in [3.05, 3.63) is 28.2 Å². The first-order valence-corrected chi connectivity index (χ1v) is 8.08. The van der Waals surface area contributed by atoms with E-state index >= 15 is 0 Å². The third kappa shape index (κ3) is 4.81. The molecule has 19 heavy (non-hydrogen) atoms. The SMILES string of the molecule is CC(C)CCN(C)c1ccc(Br)cc1CNC1CC1. The van der Waals surface area contributed by atoms with Crippen LogP contribution in [0.5, 0.6) is 0 Å². The van der Waals surface area contributed by atoms with Gasteiger partial charge in [-0.05, 0) is 48.9 Å². The lowest BCUT2D eigenvalue weighted by Crippen LogP contribution is -2.23. The van der Waals surface area contributed by atoms with Crippen LogP contribution in [0.15, 0.2) is 22.7 Å². The van der Waals surface area contributed by atoms with Crippen LogP contribution in [0, 0.1) is 5.92 Å². The van der Waals surface area contributed by atoms with Crippen molar-refractivity contribution in [1.82, 2.24) is 5.32 Å². The Kier molecular flexibility index (Phi) is 5.28. The molecule has 0 spiro atoms. The molecule has 0 bridgehead atoms. The predicted molar refractivity (Wildman–Crippen MR) is 86.7 cm³/mol. The van der Waals surface area contributed by atoms with Gasteiger partial charge in [0.2, 0.25) is 0 Å². The van der Waals surface area contributed by atoms with Gasteiger partial charge in [0, 0.05) is 36.3 Å². The molecule has 1 aliphatic rings. The average Bonchev–Trinajstić information content (AvgIpc) is 3.17. The van der Waals surface area contributed by atoms with E-state index in [4.69, 9.17) is 0 Å². The Morgan fingerprint density at radius 2 is 2.11 bits per heavy atom. The monoisotopic (exact) mass is 324 g/mol. The summed E-state index contributed by atoms with van der Waals surface area (Å²) < 4.78 is 1.17. The van der Waals surface area contributed by atoms with Gasteiger partial charge in [-0.2, -0.15) is 0 Å². The summed E-state index contributed by atoms with van der Waals surface area (Å²) in [5.74, 6) is 0.755. The molecule has 0 aliphatic heterocycles. The van der Waals surface area contributed by atoms with Crippen LogP contribution in [-0.4, -0.2) is 19.6 Å². The predicted octanol–water partition coefficient (Wildman–Crippen LogP) is 4.18. The lowest BCUT2D eigenvalue weighted by molar-refractivity contribution is 0.584. The summed E-state index contributed by atoms with van der Waals surface area (Å²) in [6, 6.07) is 7.38. The van der Waals surface area contributed by atoms with Crippen molar-refractivity contribution in [2.75, 3.05) is 18.5 Å². The Morgan fingerprint density at radius 3 is 2.74 bits per heavy atom. The van der Waals surface area contributed by atoms with Crippen LogP contribution in [0.4, 0.5) is 5.69 Å². The van der Waals surface area contributed by atoms with Crippen molar-refractivity contribution in [3.63, 3.8) is 0 Å². The molecule has 0 aromatic heterocycles. The minimum atomic E-state index is 0.755. The summed E-state index contributed by atoms with van der Waals surface area (Å²) >= 11 is 3.58. The van der Waals surface area contributed by atoms with Crippen LogP contribution in [0.25, 0.3) is 0 Å². The molecular weight excluding hydrogens is 300 g/mol. The third-order valence-corrected chi connectivity index (χ3v) is 4.15. The number of benzene rings is 1. The van der Waals surface area contributed by atoms with Crippen molar-refractivity contribution in [1.29, 1.82) is 0 Å². The lowest BCUT2D eigenvalue weighted by atomic mass is 10.1. The number of nitrogens with zero attached hydrogens (tertiary/aromatic N) is 1. The summed E-state index contributed by atoms with van der Waals surface area (Å²) in [5, 5.41) is 3.61. The van der Waals surface area contributed by atoms with Gasteiger partial charge in [0.15, 0.2) is 0 Å². The molecule has 1 saturated carbocycles. The maximum absolute atomic E-state index is 3.61. The molecule has 0 saturated heterocycles. The normalized spacial score (nSPS) is 15.0. The Labute approximate surface area is 125 Å². The van der Waals surface area contributed by atoms with Crippen molar-refractivity contribution >= 4 is 21.6 Å². The Hall–Kier alpha value is -0.540. The number of anilines is 1. The van der Waals surface area contributed by atoms with Crippen molar-refractivity contribution in [2.24, 2.45) is 5.92 Å². The summed E-state index contributed by atoms with van der Waals surface area (Å²) in [7, 11) is 2.20. The molecule has 0 radical (unpaired) electrons. The van der Waals surface area contributed by atoms with E-state index in [1.54, 1.807) is 0 Å². The second-order valence-electron chi connectivity index (χ2n) is 6.03. The minimum absolute atomic E-state index is 0.755. The molecule has 2 nitrogen and oxygen atoms in total. The summed E-state index contributed by atoms with van der Waals surface area (Å²) in [6.07, 6.45) is 3.92. The molecule has 1 aromatic carbocycles. The third-order valence-electron chi connectivity index (χ3n) is 3.65. The van der Waals surface area contributed by atoms with Crippen molar-refractivity contribution < 1.29 is 0 Å². The van der Waals surface area contributed by atoms with E-state index < -0.39 is 0 Å². The van der Waals surface area contributed by atoms with Gasteiger partial charge in [0.05, 0.1) is 0 Å². The van der Waals surface area contributed by atoms with Gasteiger partial charge in [-0.25, -0.2) is 0 Å². The van der Waals surface area contributed by atoms with E-state index in [1.165, 1.54) is 35.0 Å². The summed E-state index contributed by atoms with van der Waals surface area (Å²) in [5.41, 5.74) is 2.75. The van der Waals surface area contributed by atoms with Gasteiger partial charge >= 0.3 is 0 Å². The highest BCUT2D eigenvalue weighted by molar-refractivity contribution is 9.10. The van der Waals surface area contributed by atoms with E-state index in [-0.39, 0.29) is 0 Å². The molecule has 1 fully saturated rings. The molecule has 1 N–H and O–H groups in total. The first-order chi connectivity index (χ1) is 9.06. The maximum atomic E-state index is 3.61. The number of nitrogens with one attached hydrogen (secondary N) is 1. The van der Waals surface area contributed by atoms with Crippen molar-refractivity contribution in [2.45, 2.75) is 45.7 Å². The average molecular weight is 325 g/mol. The van der Waals surface area contributed by atoms with E-state index in [0.29, 0.717) is 0 Å². The molecule has 0 atom stereocenters. The van der Waals surface area contributed by atoms with Gasteiger partial charge in [-0.3, -0.25) is 0 Å². The maximum Gasteiger partial charge on any atom is 0.0410 e. The molecule has 106 valence electrons. The zero-order valence-electron chi connectivity index (χ0n) is 12.2. The van der Waals surface area contributed by atoms with Crippen LogP contribution in [-0.2, 0) is 6.54 Å². The van der Waals surface area contributed by atoms with Gasteiger partial charge in [0.25, 0.3) is 0 Å². The number of hydrogen-bond acceptors (Lipinski definition) is 2. The smallest absolute Gasteiger partial charge is 0.0410 e. The summed E-state index contributed by atoms with van der Waals surface area (Å²) in [6.45, 7) is 6.66. The largest absolute Gasteiger partial charge is 0.374 e. The van der Waals surface area contributed by atoms with Crippen LogP contribution < -0.4 is 10.2 Å².